The van der Waals surface area contributed by atoms with Gasteiger partial charge in [-0.05, 0) is 18.2 Å². The first kappa shape index (κ1) is 12.8. The van der Waals surface area contributed by atoms with E-state index in [4.69, 9.17) is 14.6 Å². The molecule has 0 spiro atoms. The second-order valence-corrected chi connectivity index (χ2v) is 3.72. The Kier molecular flexibility index (Phi) is 3.27. The second kappa shape index (κ2) is 4.58. The van der Waals surface area contributed by atoms with E-state index in [9.17, 15) is 18.0 Å². The summed E-state index contributed by atoms with van der Waals surface area (Å²) in [6.45, 7) is 0.534. The van der Waals surface area contributed by atoms with Crippen molar-refractivity contribution in [2.24, 2.45) is 0 Å². The molecule has 2 rings (SSSR count). The van der Waals surface area contributed by atoms with Crippen LogP contribution in [0.5, 0.6) is 0 Å². The summed E-state index contributed by atoms with van der Waals surface area (Å²) in [5.41, 5.74) is -1.42. The number of aromatic carboxylic acids is 1. The highest BCUT2D eigenvalue weighted by molar-refractivity contribution is 5.88. The number of rotatable bonds is 2. The van der Waals surface area contributed by atoms with E-state index < -0.39 is 29.6 Å². The van der Waals surface area contributed by atoms with Crippen molar-refractivity contribution in [3.8, 4) is 0 Å². The van der Waals surface area contributed by atoms with Gasteiger partial charge in [0.1, 0.15) is 0 Å². The normalized spacial score (nSPS) is 17.1. The van der Waals surface area contributed by atoms with Gasteiger partial charge in [0.15, 0.2) is 6.29 Å². The molecule has 0 radical (unpaired) electrons. The van der Waals surface area contributed by atoms with Crippen LogP contribution in [0.4, 0.5) is 13.2 Å². The molecule has 1 aromatic rings. The van der Waals surface area contributed by atoms with Crippen molar-refractivity contribution in [2.75, 3.05) is 13.2 Å². The van der Waals surface area contributed by atoms with E-state index in [-0.39, 0.29) is 18.8 Å². The number of benzene rings is 1. The molecule has 0 atom stereocenters. The van der Waals surface area contributed by atoms with Crippen LogP contribution in [0.1, 0.15) is 27.8 Å². The fraction of sp³-hybridized carbons (Fsp3) is 0.364. The highest BCUT2D eigenvalue weighted by Gasteiger charge is 2.33. The van der Waals surface area contributed by atoms with E-state index in [0.717, 1.165) is 12.1 Å². The van der Waals surface area contributed by atoms with E-state index in [0.29, 0.717) is 6.07 Å². The smallest absolute Gasteiger partial charge is 0.416 e. The maximum absolute atomic E-state index is 12.6. The molecule has 0 aliphatic carbocycles. The van der Waals surface area contributed by atoms with E-state index in [1.165, 1.54) is 0 Å². The highest BCUT2D eigenvalue weighted by atomic mass is 19.4. The number of hydrogen-bond donors (Lipinski definition) is 1. The van der Waals surface area contributed by atoms with Crippen LogP contribution in [0.2, 0.25) is 0 Å². The molecule has 4 nitrogen and oxygen atoms in total. The molecule has 0 amide bonds. The van der Waals surface area contributed by atoms with Crippen LogP contribution in [-0.2, 0) is 15.7 Å². The van der Waals surface area contributed by atoms with Crippen LogP contribution in [0.25, 0.3) is 0 Å². The lowest BCUT2D eigenvalue weighted by Gasteiger charge is -2.14. The Morgan fingerprint density at radius 2 is 1.83 bits per heavy atom. The number of carbonyl (C=O) groups is 1. The van der Waals surface area contributed by atoms with E-state index in [2.05, 4.69) is 0 Å². The van der Waals surface area contributed by atoms with Crippen LogP contribution in [0.3, 0.4) is 0 Å². The monoisotopic (exact) mass is 262 g/mol. The first-order chi connectivity index (χ1) is 8.38. The van der Waals surface area contributed by atoms with Gasteiger partial charge in [-0.25, -0.2) is 4.79 Å². The summed E-state index contributed by atoms with van der Waals surface area (Å²) < 4.78 is 48.0. The lowest BCUT2D eigenvalue weighted by molar-refractivity contribution is -0.137. The fourth-order valence-electron chi connectivity index (χ4n) is 1.63. The molecule has 0 saturated carbocycles. The zero-order valence-electron chi connectivity index (χ0n) is 9.03. The molecule has 1 saturated heterocycles. The molecule has 7 heteroatoms. The highest BCUT2D eigenvalue weighted by Crippen LogP contribution is 2.33. The van der Waals surface area contributed by atoms with Gasteiger partial charge in [-0.2, -0.15) is 13.2 Å². The Labute approximate surface area is 99.9 Å². The molecule has 0 bridgehead atoms. The summed E-state index contributed by atoms with van der Waals surface area (Å²) in [7, 11) is 0. The fourth-order valence-corrected chi connectivity index (χ4v) is 1.63. The minimum absolute atomic E-state index is 0.0553. The van der Waals surface area contributed by atoms with Crippen molar-refractivity contribution in [1.82, 2.24) is 0 Å². The van der Waals surface area contributed by atoms with Gasteiger partial charge in [0.25, 0.3) is 0 Å². The molecule has 1 aliphatic rings. The SMILES string of the molecule is O=C(O)c1cc(C2OCCO2)cc(C(F)(F)F)c1. The molecule has 0 unspecified atom stereocenters. The predicted octanol–water partition coefficient (Wildman–Crippen LogP) is 2.45. The van der Waals surface area contributed by atoms with Gasteiger partial charge in [-0.3, -0.25) is 0 Å². The van der Waals surface area contributed by atoms with Crippen LogP contribution in [-0.4, -0.2) is 24.3 Å². The topological polar surface area (TPSA) is 55.8 Å². The number of carboxylic acids is 1. The molecule has 1 N–H and O–H groups in total. The van der Waals surface area contributed by atoms with Crippen molar-refractivity contribution < 1.29 is 32.5 Å². The second-order valence-electron chi connectivity index (χ2n) is 3.72. The minimum atomic E-state index is -4.61. The summed E-state index contributed by atoms with van der Waals surface area (Å²) in [6, 6.07) is 2.54. The molecule has 1 aliphatic heterocycles. The minimum Gasteiger partial charge on any atom is -0.478 e. The van der Waals surface area contributed by atoms with Crippen LogP contribution >= 0.6 is 0 Å². The Balaban J connectivity index is 2.45. The van der Waals surface area contributed by atoms with Crippen molar-refractivity contribution in [2.45, 2.75) is 12.5 Å². The average molecular weight is 262 g/mol. The van der Waals surface area contributed by atoms with E-state index in [1.807, 2.05) is 0 Å². The molecule has 1 fully saturated rings. The summed E-state index contributed by atoms with van der Waals surface area (Å²) in [5.74, 6) is -1.43. The average Bonchev–Trinajstić information content (AvgIpc) is 2.80. The van der Waals surface area contributed by atoms with Gasteiger partial charge in [0, 0.05) is 5.56 Å². The van der Waals surface area contributed by atoms with Gasteiger partial charge < -0.3 is 14.6 Å². The summed E-state index contributed by atoms with van der Waals surface area (Å²) in [4.78, 5) is 10.8. The Bertz CT molecular complexity index is 464. The number of hydrogen-bond acceptors (Lipinski definition) is 3. The third-order valence-electron chi connectivity index (χ3n) is 2.42. The largest absolute Gasteiger partial charge is 0.478 e. The lowest BCUT2D eigenvalue weighted by Crippen LogP contribution is -2.10. The van der Waals surface area contributed by atoms with Gasteiger partial charge in [0.05, 0.1) is 24.3 Å². The Hall–Kier alpha value is -1.60. The van der Waals surface area contributed by atoms with Crippen LogP contribution < -0.4 is 0 Å². The molecule has 98 valence electrons. The molecular formula is C11H9F3O4. The van der Waals surface area contributed by atoms with Gasteiger partial charge in [-0.15, -0.1) is 0 Å². The third-order valence-corrected chi connectivity index (χ3v) is 2.42. The summed E-state index contributed by atoms with van der Waals surface area (Å²) >= 11 is 0. The number of halogens is 3. The van der Waals surface area contributed by atoms with Gasteiger partial charge in [-0.1, -0.05) is 0 Å². The maximum Gasteiger partial charge on any atom is 0.416 e. The third kappa shape index (κ3) is 2.62. The van der Waals surface area contributed by atoms with E-state index >= 15 is 0 Å². The molecular weight excluding hydrogens is 253 g/mol. The van der Waals surface area contributed by atoms with Crippen molar-refractivity contribution >= 4 is 5.97 Å². The molecule has 0 aromatic heterocycles. The summed E-state index contributed by atoms with van der Waals surface area (Å²) in [5, 5.41) is 8.79. The quantitative estimate of drug-likeness (QED) is 0.889. The lowest BCUT2D eigenvalue weighted by atomic mass is 10.0. The van der Waals surface area contributed by atoms with Crippen molar-refractivity contribution in [1.29, 1.82) is 0 Å². The van der Waals surface area contributed by atoms with Crippen molar-refractivity contribution in [3.63, 3.8) is 0 Å². The zero-order valence-corrected chi connectivity index (χ0v) is 9.03. The standard InChI is InChI=1S/C11H9F3O4/c12-11(13,14)8-4-6(9(15)16)3-7(5-8)10-17-1-2-18-10/h3-5,10H,1-2H2,(H,15,16). The number of ether oxygens (including phenoxy) is 2. The van der Waals surface area contributed by atoms with Crippen LogP contribution in [0, 0.1) is 0 Å². The maximum atomic E-state index is 12.6. The van der Waals surface area contributed by atoms with Gasteiger partial charge >= 0.3 is 12.1 Å². The van der Waals surface area contributed by atoms with Crippen LogP contribution in [0.15, 0.2) is 18.2 Å². The Morgan fingerprint density at radius 3 is 2.33 bits per heavy atom. The predicted molar refractivity (Wildman–Crippen MR) is 53.0 cm³/mol. The van der Waals surface area contributed by atoms with Crippen molar-refractivity contribution in [3.05, 3.63) is 34.9 Å². The first-order valence-electron chi connectivity index (χ1n) is 5.06. The summed E-state index contributed by atoms with van der Waals surface area (Å²) in [6.07, 6.45) is -5.55. The van der Waals surface area contributed by atoms with Gasteiger partial charge in [0.2, 0.25) is 0 Å². The number of carboxylic acid groups (broad SMARTS) is 1. The first-order valence-corrected chi connectivity index (χ1v) is 5.06. The molecule has 1 heterocycles. The number of alkyl halides is 3. The Morgan fingerprint density at radius 1 is 1.22 bits per heavy atom. The zero-order chi connectivity index (χ0) is 13.3. The van der Waals surface area contributed by atoms with E-state index in [1.54, 1.807) is 0 Å². The molecule has 1 aromatic carbocycles. The molecule has 18 heavy (non-hydrogen) atoms.